The van der Waals surface area contributed by atoms with E-state index in [4.69, 9.17) is 9.84 Å². The van der Waals surface area contributed by atoms with Gasteiger partial charge in [0.25, 0.3) is 5.91 Å². The minimum absolute atomic E-state index is 0.177. The Morgan fingerprint density at radius 1 is 1.22 bits per heavy atom. The summed E-state index contributed by atoms with van der Waals surface area (Å²) >= 11 is 0. The predicted molar refractivity (Wildman–Crippen MR) is 117 cm³/mol. The first-order valence-electron chi connectivity index (χ1n) is 9.90. The lowest BCUT2D eigenvalue weighted by Gasteiger charge is -2.08. The quantitative estimate of drug-likeness (QED) is 0.471. The normalized spacial score (nSPS) is 11.0. The van der Waals surface area contributed by atoms with E-state index in [2.05, 4.69) is 10.4 Å². The summed E-state index contributed by atoms with van der Waals surface area (Å²) in [5.41, 5.74) is 2.31. The van der Waals surface area contributed by atoms with Crippen LogP contribution in [-0.4, -0.2) is 38.4 Å². The van der Waals surface area contributed by atoms with E-state index >= 15 is 0 Å². The largest absolute Gasteiger partial charge is 0.497 e. The number of aromatic nitrogens is 3. The van der Waals surface area contributed by atoms with Crippen molar-refractivity contribution in [3.63, 3.8) is 0 Å². The Labute approximate surface area is 182 Å². The molecule has 0 aliphatic heterocycles. The molecule has 0 radical (unpaired) electrons. The first kappa shape index (κ1) is 21.1. The number of hydrogen-bond acceptors (Lipinski definition) is 4. The van der Waals surface area contributed by atoms with Crippen molar-refractivity contribution in [2.24, 2.45) is 0 Å². The van der Waals surface area contributed by atoms with Crippen LogP contribution in [0.1, 0.15) is 33.3 Å². The average Bonchev–Trinajstić information content (AvgIpc) is 3.35. The van der Waals surface area contributed by atoms with Crippen LogP contribution < -0.4 is 10.1 Å². The molecule has 0 saturated carbocycles. The molecule has 4 aromatic rings. The fraction of sp³-hybridized carbons (Fsp3) is 0.174. The number of rotatable bonds is 6. The van der Waals surface area contributed by atoms with Crippen LogP contribution >= 0.6 is 0 Å². The van der Waals surface area contributed by atoms with Crippen LogP contribution in [0.15, 0.2) is 48.8 Å². The molecule has 0 unspecified atom stereocenters. The Kier molecular flexibility index (Phi) is 5.40. The zero-order valence-electron chi connectivity index (χ0n) is 17.7. The number of amides is 1. The summed E-state index contributed by atoms with van der Waals surface area (Å²) in [7, 11) is 1.54. The Morgan fingerprint density at radius 2 is 2.00 bits per heavy atom. The van der Waals surface area contributed by atoms with E-state index in [1.165, 1.54) is 6.07 Å². The summed E-state index contributed by atoms with van der Waals surface area (Å²) in [5, 5.41) is 16.8. The number of fused-ring (bicyclic) bond motifs is 1. The third kappa shape index (κ3) is 3.58. The van der Waals surface area contributed by atoms with Gasteiger partial charge in [-0.1, -0.05) is 0 Å². The molecule has 0 aliphatic carbocycles. The molecule has 2 N–H and O–H groups in total. The summed E-state index contributed by atoms with van der Waals surface area (Å²) in [6.07, 6.45) is 3.61. The Hall–Kier alpha value is -4.14. The third-order valence-electron chi connectivity index (χ3n) is 5.29. The second-order valence-electron chi connectivity index (χ2n) is 7.19. The Balaban J connectivity index is 1.84. The lowest BCUT2D eigenvalue weighted by Crippen LogP contribution is -2.14. The highest BCUT2D eigenvalue weighted by atomic mass is 19.1. The number of ether oxygens (including phenoxy) is 1. The smallest absolute Gasteiger partial charge is 0.338 e. The van der Waals surface area contributed by atoms with E-state index in [1.807, 2.05) is 36.7 Å². The second-order valence-corrected chi connectivity index (χ2v) is 7.19. The molecule has 0 spiro atoms. The molecule has 8 nitrogen and oxygen atoms in total. The number of methoxy groups -OCH3 is 1. The highest BCUT2D eigenvalue weighted by Gasteiger charge is 2.23. The Morgan fingerprint density at radius 3 is 2.66 bits per heavy atom. The highest BCUT2D eigenvalue weighted by molar-refractivity contribution is 6.15. The molecule has 2 heterocycles. The lowest BCUT2D eigenvalue weighted by atomic mass is 10.1. The number of hydrogen-bond donors (Lipinski definition) is 2. The van der Waals surface area contributed by atoms with Crippen molar-refractivity contribution >= 4 is 28.5 Å². The number of nitrogens with zero attached hydrogens (tertiary/aromatic N) is 3. The van der Waals surface area contributed by atoms with Gasteiger partial charge in [-0.2, -0.15) is 5.10 Å². The first-order chi connectivity index (χ1) is 15.3. The van der Waals surface area contributed by atoms with Gasteiger partial charge in [0.1, 0.15) is 11.6 Å². The van der Waals surface area contributed by atoms with Gasteiger partial charge in [-0.05, 0) is 50.2 Å². The minimum Gasteiger partial charge on any atom is -0.497 e. The van der Waals surface area contributed by atoms with Gasteiger partial charge < -0.3 is 19.7 Å². The van der Waals surface area contributed by atoms with Crippen molar-refractivity contribution in [3.8, 4) is 11.4 Å². The number of carboxylic acids is 1. The van der Waals surface area contributed by atoms with Gasteiger partial charge in [0.2, 0.25) is 0 Å². The number of benzene rings is 2. The van der Waals surface area contributed by atoms with Crippen LogP contribution in [0, 0.1) is 12.7 Å². The average molecular weight is 436 g/mol. The topological polar surface area (TPSA) is 98.4 Å². The molecule has 2 aromatic heterocycles. The number of nitrogens with one attached hydrogen (secondary N) is 1. The molecule has 1 amide bonds. The lowest BCUT2D eigenvalue weighted by molar-refractivity contribution is 0.0691. The van der Waals surface area contributed by atoms with Gasteiger partial charge in [-0.25, -0.2) is 9.18 Å². The van der Waals surface area contributed by atoms with E-state index in [-0.39, 0.29) is 5.69 Å². The van der Waals surface area contributed by atoms with Gasteiger partial charge >= 0.3 is 5.97 Å². The van der Waals surface area contributed by atoms with Crippen molar-refractivity contribution in [2.45, 2.75) is 20.4 Å². The van der Waals surface area contributed by atoms with Gasteiger partial charge in [0.15, 0.2) is 0 Å². The van der Waals surface area contributed by atoms with Crippen molar-refractivity contribution in [3.05, 3.63) is 71.4 Å². The number of anilines is 1. The van der Waals surface area contributed by atoms with Gasteiger partial charge in [0.05, 0.1) is 35.6 Å². The summed E-state index contributed by atoms with van der Waals surface area (Å²) < 4.78 is 22.8. The van der Waals surface area contributed by atoms with Crippen molar-refractivity contribution in [1.29, 1.82) is 0 Å². The van der Waals surface area contributed by atoms with Crippen LogP contribution in [0.4, 0.5) is 10.1 Å². The monoisotopic (exact) mass is 436 g/mol. The summed E-state index contributed by atoms with van der Waals surface area (Å²) in [5.74, 6) is -2.15. The first-order valence-corrected chi connectivity index (χ1v) is 9.90. The number of carbonyl (C=O) groups excluding carboxylic acids is 1. The summed E-state index contributed by atoms with van der Waals surface area (Å²) in [6.45, 7) is 4.50. The fourth-order valence-corrected chi connectivity index (χ4v) is 3.75. The molecule has 0 fully saturated rings. The molecule has 2 aromatic carbocycles. The van der Waals surface area contributed by atoms with E-state index < -0.39 is 23.3 Å². The van der Waals surface area contributed by atoms with E-state index in [0.717, 1.165) is 23.3 Å². The molecule has 32 heavy (non-hydrogen) atoms. The van der Waals surface area contributed by atoms with E-state index in [0.29, 0.717) is 28.9 Å². The van der Waals surface area contributed by atoms with Crippen molar-refractivity contribution in [2.75, 3.05) is 12.4 Å². The molecule has 0 bridgehead atoms. The van der Waals surface area contributed by atoms with Gasteiger partial charge in [-0.15, -0.1) is 0 Å². The zero-order chi connectivity index (χ0) is 23.0. The molecule has 0 aliphatic rings. The second kappa shape index (κ2) is 8.18. The van der Waals surface area contributed by atoms with Gasteiger partial charge in [-0.3, -0.25) is 9.48 Å². The molecule has 0 atom stereocenters. The maximum Gasteiger partial charge on any atom is 0.338 e. The van der Waals surface area contributed by atoms with E-state index in [9.17, 15) is 14.0 Å². The molecule has 0 saturated heterocycles. The number of aryl methyl sites for hydroxylation is 1. The number of halogens is 1. The summed E-state index contributed by atoms with van der Waals surface area (Å²) in [6, 6.07) is 8.86. The van der Waals surface area contributed by atoms with Crippen LogP contribution in [0.25, 0.3) is 16.6 Å². The predicted octanol–water partition coefficient (Wildman–Crippen LogP) is 4.25. The SMILES string of the molecule is CCn1cc(-n2c(C)c(C(=O)Nc3ccc(F)c(C(=O)O)c3)c3cc(OC)ccc32)cn1. The zero-order valence-corrected chi connectivity index (χ0v) is 17.7. The van der Waals surface area contributed by atoms with Crippen LogP contribution in [0.3, 0.4) is 0 Å². The fourth-order valence-electron chi connectivity index (χ4n) is 3.75. The maximum atomic E-state index is 13.7. The molecular weight excluding hydrogens is 415 g/mol. The van der Waals surface area contributed by atoms with Gasteiger partial charge in [0, 0.05) is 29.5 Å². The maximum absolute atomic E-state index is 13.7. The van der Waals surface area contributed by atoms with Crippen molar-refractivity contribution in [1.82, 2.24) is 14.3 Å². The highest BCUT2D eigenvalue weighted by Crippen LogP contribution is 2.32. The minimum atomic E-state index is -1.41. The van der Waals surface area contributed by atoms with Crippen LogP contribution in [0.2, 0.25) is 0 Å². The number of aromatic carboxylic acids is 1. The van der Waals surface area contributed by atoms with Crippen LogP contribution in [0.5, 0.6) is 5.75 Å². The third-order valence-corrected chi connectivity index (χ3v) is 5.29. The van der Waals surface area contributed by atoms with E-state index in [1.54, 1.807) is 24.1 Å². The van der Waals surface area contributed by atoms with Crippen molar-refractivity contribution < 1.29 is 23.8 Å². The molecular formula is C23H21FN4O4. The molecule has 9 heteroatoms. The number of carbonyl (C=O) groups is 2. The molecule has 4 rings (SSSR count). The molecule has 164 valence electrons. The number of carboxylic acid groups (broad SMARTS) is 1. The summed E-state index contributed by atoms with van der Waals surface area (Å²) in [4.78, 5) is 24.5. The standard InChI is InChI=1S/C23H21FN4O4/c1-4-27-12-15(11-25-27)28-13(2)21(18-10-16(32-3)6-8-20(18)28)22(29)26-14-5-7-19(24)17(9-14)23(30)31/h5-12H,4H2,1-3H3,(H,26,29)(H,30,31). The Bertz CT molecular complexity index is 1360. The van der Waals surface area contributed by atoms with Crippen LogP contribution in [-0.2, 0) is 6.54 Å².